The molecule has 0 aliphatic carbocycles. The highest BCUT2D eigenvalue weighted by Crippen LogP contribution is 2.31. The summed E-state index contributed by atoms with van der Waals surface area (Å²) in [4.78, 5) is 13.7. The predicted molar refractivity (Wildman–Crippen MR) is 58.9 cm³/mol. The van der Waals surface area contributed by atoms with Gasteiger partial charge in [-0.25, -0.2) is 4.98 Å². The van der Waals surface area contributed by atoms with Gasteiger partial charge in [-0.3, -0.25) is 10.1 Å². The Hall–Kier alpha value is -1.10. The van der Waals surface area contributed by atoms with Gasteiger partial charge in [0, 0.05) is 4.50 Å². The van der Waals surface area contributed by atoms with Crippen molar-refractivity contribution in [2.24, 2.45) is 0 Å². The summed E-state index contributed by atoms with van der Waals surface area (Å²) in [5.41, 5.74) is -1.23. The lowest BCUT2D eigenvalue weighted by molar-refractivity contribution is -0.167. The van der Waals surface area contributed by atoms with Crippen molar-refractivity contribution in [3.05, 3.63) is 5.69 Å². The molecule has 0 aliphatic heterocycles. The molecule has 1 amide bonds. The van der Waals surface area contributed by atoms with E-state index in [1.807, 2.05) is 0 Å². The molecule has 0 spiro atoms. The molecular weight excluding hydrogens is 314 g/mol. The van der Waals surface area contributed by atoms with Crippen LogP contribution in [0.15, 0.2) is 0 Å². The summed E-state index contributed by atoms with van der Waals surface area (Å²) < 4.78 is 73.7. The second-order valence-electron chi connectivity index (χ2n) is 3.65. The van der Waals surface area contributed by atoms with Gasteiger partial charge in [0.1, 0.15) is 0 Å². The molecule has 3 nitrogen and oxygen atoms in total. The smallest absolute Gasteiger partial charge is 0.294 e. The maximum absolute atomic E-state index is 12.6. The zero-order valence-electron chi connectivity index (χ0n) is 9.53. The summed E-state index contributed by atoms with van der Waals surface area (Å²) in [5, 5.41) is 0.631. The predicted octanol–water partition coefficient (Wildman–Crippen LogP) is 2.62. The van der Waals surface area contributed by atoms with E-state index in [0.717, 1.165) is 0 Å². The first-order chi connectivity index (χ1) is 8.43. The van der Waals surface area contributed by atoms with Crippen molar-refractivity contribution in [1.29, 1.82) is 0 Å². The number of aromatic nitrogens is 1. The number of alkyl halides is 6. The molecule has 0 saturated heterocycles. The molecule has 1 aromatic heterocycles. The van der Waals surface area contributed by atoms with Crippen molar-refractivity contribution in [2.45, 2.75) is 25.4 Å². The van der Waals surface area contributed by atoms with Gasteiger partial charge >= 0.3 is 18.3 Å². The quantitative estimate of drug-likeness (QED) is 0.672. The zero-order chi connectivity index (χ0) is 15.0. The minimum atomic E-state index is -5.17. The highest BCUT2D eigenvalue weighted by Gasteiger charge is 2.41. The van der Waals surface area contributed by atoms with E-state index in [2.05, 4.69) is 4.98 Å². The first-order valence-electron chi connectivity index (χ1n) is 4.69. The summed E-state index contributed by atoms with van der Waals surface area (Å²) in [6, 6.07) is 0. The Kier molecular flexibility index (Phi) is 4.29. The standard InChI is InChI=1S/C8H7F6N2OSSi/c1-19(2)4-3(7(9,10)11)15-6(18-4)16-5(17)8(12,13)14/h1-2H3,(H,15,16,17). The summed E-state index contributed by atoms with van der Waals surface area (Å²) in [6.45, 7) is 3.09. The Morgan fingerprint density at radius 1 is 1.21 bits per heavy atom. The van der Waals surface area contributed by atoms with Crippen molar-refractivity contribution in [1.82, 2.24) is 4.98 Å². The third-order valence-corrected chi connectivity index (χ3v) is 5.29. The lowest BCUT2D eigenvalue weighted by Crippen LogP contribution is -2.29. The van der Waals surface area contributed by atoms with Crippen LogP contribution in [0, 0.1) is 0 Å². The van der Waals surface area contributed by atoms with Crippen LogP contribution in [-0.4, -0.2) is 25.9 Å². The first kappa shape index (κ1) is 16.0. The Balaban J connectivity index is 3.10. The first-order valence-corrected chi connectivity index (χ1v) is 8.01. The number of anilines is 1. The van der Waals surface area contributed by atoms with E-state index in [0.29, 0.717) is 11.3 Å². The highest BCUT2D eigenvalue weighted by molar-refractivity contribution is 7.26. The number of hydrogen-bond donors (Lipinski definition) is 1. The van der Waals surface area contributed by atoms with E-state index in [9.17, 15) is 31.1 Å². The van der Waals surface area contributed by atoms with E-state index in [4.69, 9.17) is 0 Å². The summed E-state index contributed by atoms with van der Waals surface area (Å²) in [6.07, 6.45) is -9.93. The monoisotopic (exact) mass is 321 g/mol. The SMILES string of the molecule is C[Si](C)c1sc(NC(=O)C(F)(F)F)nc1C(F)(F)F. The molecule has 1 aromatic rings. The normalized spacial score (nSPS) is 12.9. The van der Waals surface area contributed by atoms with Crippen LogP contribution in [0.1, 0.15) is 5.69 Å². The lowest BCUT2D eigenvalue weighted by Gasteiger charge is -2.06. The number of thiazole rings is 1. The molecule has 107 valence electrons. The van der Waals surface area contributed by atoms with Crippen molar-refractivity contribution in [3.63, 3.8) is 0 Å². The molecule has 0 aliphatic rings. The number of nitrogens with one attached hydrogen (secondary N) is 1. The molecule has 1 rings (SSSR count). The maximum Gasteiger partial charge on any atom is 0.471 e. The Morgan fingerprint density at radius 3 is 2.05 bits per heavy atom. The van der Waals surface area contributed by atoms with Crippen LogP contribution in [0.3, 0.4) is 0 Å². The number of carbonyl (C=O) groups is 1. The van der Waals surface area contributed by atoms with Gasteiger partial charge < -0.3 is 0 Å². The van der Waals surface area contributed by atoms with Crippen molar-refractivity contribution >= 4 is 35.7 Å². The van der Waals surface area contributed by atoms with Crippen LogP contribution in [0.2, 0.25) is 13.1 Å². The molecule has 1 heterocycles. The topological polar surface area (TPSA) is 42.0 Å². The Bertz CT molecular complexity index is 481. The number of hydrogen-bond acceptors (Lipinski definition) is 3. The molecule has 0 unspecified atom stereocenters. The summed E-state index contributed by atoms with van der Waals surface area (Å²) in [5.74, 6) is -2.34. The van der Waals surface area contributed by atoms with Crippen LogP contribution in [0.5, 0.6) is 0 Å². The van der Waals surface area contributed by atoms with Crippen molar-refractivity contribution in [2.75, 3.05) is 5.32 Å². The molecule has 0 saturated carbocycles. The van der Waals surface area contributed by atoms with E-state index < -0.39 is 37.9 Å². The second kappa shape index (κ2) is 5.11. The van der Waals surface area contributed by atoms with Crippen LogP contribution in [0.4, 0.5) is 31.5 Å². The molecule has 0 aromatic carbocycles. The van der Waals surface area contributed by atoms with Gasteiger partial charge in [-0.2, -0.15) is 26.3 Å². The van der Waals surface area contributed by atoms with Gasteiger partial charge in [-0.1, -0.05) is 13.1 Å². The number of amides is 1. The molecular formula is C8H7F6N2OSSi. The maximum atomic E-state index is 12.6. The van der Waals surface area contributed by atoms with Gasteiger partial charge in [0.2, 0.25) is 0 Å². The van der Waals surface area contributed by atoms with Gasteiger partial charge in [0.15, 0.2) is 10.8 Å². The third kappa shape index (κ3) is 3.93. The minimum absolute atomic E-state index is 0.130. The highest BCUT2D eigenvalue weighted by atomic mass is 32.1. The average Bonchev–Trinajstić information content (AvgIpc) is 2.59. The van der Waals surface area contributed by atoms with E-state index in [1.54, 1.807) is 13.1 Å². The fourth-order valence-corrected chi connectivity index (χ4v) is 3.58. The molecule has 1 N–H and O–H groups in total. The Morgan fingerprint density at radius 2 is 1.74 bits per heavy atom. The molecule has 0 fully saturated rings. The van der Waals surface area contributed by atoms with E-state index in [1.165, 1.54) is 5.32 Å². The van der Waals surface area contributed by atoms with Gasteiger partial charge in [0.05, 0.1) is 8.80 Å². The zero-order valence-corrected chi connectivity index (χ0v) is 11.3. The minimum Gasteiger partial charge on any atom is -0.294 e. The molecule has 11 heteroatoms. The number of nitrogens with zero attached hydrogens (tertiary/aromatic N) is 1. The molecule has 0 bridgehead atoms. The van der Waals surface area contributed by atoms with Gasteiger partial charge in [-0.15, -0.1) is 11.3 Å². The van der Waals surface area contributed by atoms with Crippen LogP contribution >= 0.6 is 11.3 Å². The van der Waals surface area contributed by atoms with Crippen LogP contribution in [-0.2, 0) is 11.0 Å². The van der Waals surface area contributed by atoms with Gasteiger partial charge in [-0.05, 0) is 0 Å². The molecule has 1 radical (unpaired) electrons. The number of halogens is 6. The van der Waals surface area contributed by atoms with Crippen LogP contribution in [0.25, 0.3) is 0 Å². The van der Waals surface area contributed by atoms with Crippen molar-refractivity contribution in [3.8, 4) is 0 Å². The van der Waals surface area contributed by atoms with E-state index >= 15 is 0 Å². The van der Waals surface area contributed by atoms with Crippen molar-refractivity contribution < 1.29 is 31.1 Å². The second-order valence-corrected chi connectivity index (χ2v) is 7.51. The lowest BCUT2D eigenvalue weighted by atomic mass is 10.5. The average molecular weight is 321 g/mol. The molecule has 0 atom stereocenters. The third-order valence-electron chi connectivity index (χ3n) is 1.83. The number of carbonyl (C=O) groups excluding carboxylic acids is 1. The largest absolute Gasteiger partial charge is 0.471 e. The molecule has 19 heavy (non-hydrogen) atoms. The van der Waals surface area contributed by atoms with Crippen LogP contribution < -0.4 is 9.82 Å². The fraction of sp³-hybridized carbons (Fsp3) is 0.500. The Labute approximate surface area is 109 Å². The number of rotatable bonds is 2. The van der Waals surface area contributed by atoms with Gasteiger partial charge in [0.25, 0.3) is 0 Å². The van der Waals surface area contributed by atoms with E-state index in [-0.39, 0.29) is 4.50 Å². The fourth-order valence-electron chi connectivity index (χ4n) is 1.07. The summed E-state index contributed by atoms with van der Waals surface area (Å²) in [7, 11) is -1.57. The summed E-state index contributed by atoms with van der Waals surface area (Å²) >= 11 is 0.421.